The van der Waals surface area contributed by atoms with Crippen molar-refractivity contribution in [3.63, 3.8) is 0 Å². The zero-order valence-electron chi connectivity index (χ0n) is 15.8. The van der Waals surface area contributed by atoms with E-state index < -0.39 is 35.0 Å². The number of aryl methyl sites for hydroxylation is 1. The molecule has 166 valence electrons. The minimum atomic E-state index is -5.04. The molecular formula is C20H16F6N2O3. The number of anilines is 1. The number of hydrogen-bond donors (Lipinski definition) is 2. The summed E-state index contributed by atoms with van der Waals surface area (Å²) in [5.41, 5.74) is -2.35. The van der Waals surface area contributed by atoms with Crippen molar-refractivity contribution < 1.29 is 40.7 Å². The second kappa shape index (κ2) is 8.48. The highest BCUT2D eigenvalue weighted by atomic mass is 19.4. The topological polar surface area (TPSA) is 67.4 Å². The maximum Gasteiger partial charge on any atom is 0.416 e. The highest BCUT2D eigenvalue weighted by Crippen LogP contribution is 2.36. The lowest BCUT2D eigenvalue weighted by Gasteiger charge is -2.18. The first-order valence-electron chi connectivity index (χ1n) is 9.07. The number of nitrogens with one attached hydrogen (secondary N) is 2. The van der Waals surface area contributed by atoms with Crippen molar-refractivity contribution >= 4 is 17.5 Å². The van der Waals surface area contributed by atoms with Crippen LogP contribution in [0.1, 0.15) is 33.5 Å². The lowest BCUT2D eigenvalue weighted by molar-refractivity contribution is -0.143. The smallest absolute Gasteiger partial charge is 0.416 e. The summed E-state index contributed by atoms with van der Waals surface area (Å²) in [6, 6.07) is 5.64. The van der Waals surface area contributed by atoms with Gasteiger partial charge in [0.15, 0.2) is 0 Å². The molecule has 0 spiro atoms. The summed E-state index contributed by atoms with van der Waals surface area (Å²) in [5.74, 6) is -0.733. The van der Waals surface area contributed by atoms with Crippen LogP contribution in [0.2, 0.25) is 0 Å². The van der Waals surface area contributed by atoms with Crippen LogP contribution in [-0.4, -0.2) is 25.0 Å². The van der Waals surface area contributed by atoms with E-state index >= 15 is 0 Å². The summed E-state index contributed by atoms with van der Waals surface area (Å²) in [7, 11) is 0. The monoisotopic (exact) mass is 446 g/mol. The van der Waals surface area contributed by atoms with E-state index in [-0.39, 0.29) is 25.1 Å². The van der Waals surface area contributed by atoms with E-state index in [0.717, 1.165) is 5.56 Å². The van der Waals surface area contributed by atoms with Crippen LogP contribution >= 0.6 is 0 Å². The maximum atomic E-state index is 12.9. The number of hydrogen-bond acceptors (Lipinski definition) is 3. The summed E-state index contributed by atoms with van der Waals surface area (Å²) < 4.78 is 82.8. The molecule has 0 fully saturated rings. The van der Waals surface area contributed by atoms with Gasteiger partial charge in [-0.15, -0.1) is 0 Å². The summed E-state index contributed by atoms with van der Waals surface area (Å²) in [6.07, 6.45) is -9.20. The Bertz CT molecular complexity index is 969. The van der Waals surface area contributed by atoms with Crippen LogP contribution in [0.15, 0.2) is 36.4 Å². The Hall–Kier alpha value is -3.24. The van der Waals surface area contributed by atoms with Gasteiger partial charge in [-0.2, -0.15) is 26.3 Å². The molecule has 1 heterocycles. The number of amides is 2. The fourth-order valence-corrected chi connectivity index (χ4v) is 2.97. The number of fused-ring (bicyclic) bond motifs is 1. The third kappa shape index (κ3) is 5.68. The molecule has 0 atom stereocenters. The molecular weight excluding hydrogens is 430 g/mol. The largest absolute Gasteiger partial charge is 0.492 e. The normalized spacial score (nSPS) is 13.9. The molecule has 0 saturated heterocycles. The Morgan fingerprint density at radius 1 is 0.968 bits per heavy atom. The number of ether oxygens (including phenoxy) is 1. The fraction of sp³-hybridized carbons (Fsp3) is 0.300. The van der Waals surface area contributed by atoms with Crippen molar-refractivity contribution in [3.05, 3.63) is 58.7 Å². The molecule has 0 bridgehead atoms. The highest BCUT2D eigenvalue weighted by Gasteiger charge is 2.37. The van der Waals surface area contributed by atoms with Gasteiger partial charge in [0.1, 0.15) is 12.4 Å². The molecule has 0 aromatic heterocycles. The molecule has 31 heavy (non-hydrogen) atoms. The lowest BCUT2D eigenvalue weighted by atomic mass is 10.0. The average molecular weight is 446 g/mol. The number of rotatable bonds is 5. The minimum absolute atomic E-state index is 0.0433. The molecule has 0 unspecified atom stereocenters. The van der Waals surface area contributed by atoms with Crippen LogP contribution in [0.5, 0.6) is 5.75 Å². The van der Waals surface area contributed by atoms with E-state index in [4.69, 9.17) is 4.74 Å². The van der Waals surface area contributed by atoms with Crippen LogP contribution in [0.25, 0.3) is 0 Å². The molecule has 0 radical (unpaired) electrons. The zero-order chi connectivity index (χ0) is 22.8. The minimum Gasteiger partial charge on any atom is -0.492 e. The molecule has 2 amide bonds. The van der Waals surface area contributed by atoms with Crippen molar-refractivity contribution in [1.29, 1.82) is 0 Å². The summed E-state index contributed by atoms with van der Waals surface area (Å²) in [4.78, 5) is 23.4. The molecule has 0 aliphatic carbocycles. The molecule has 2 N–H and O–H groups in total. The van der Waals surface area contributed by atoms with Gasteiger partial charge in [0, 0.05) is 17.7 Å². The summed E-state index contributed by atoms with van der Waals surface area (Å²) in [6.45, 7) is -0.216. The molecule has 5 nitrogen and oxygen atoms in total. The SMILES string of the molecule is O=C1CCc2cc(OCCNC(=O)c3cc(C(F)(F)F)cc(C(F)(F)F)c3)ccc2N1. The number of halogens is 6. The van der Waals surface area contributed by atoms with Crippen LogP contribution < -0.4 is 15.4 Å². The van der Waals surface area contributed by atoms with E-state index in [1.54, 1.807) is 18.2 Å². The quantitative estimate of drug-likeness (QED) is 0.528. The van der Waals surface area contributed by atoms with E-state index in [1.165, 1.54) is 0 Å². The maximum absolute atomic E-state index is 12.9. The summed E-state index contributed by atoms with van der Waals surface area (Å²) in [5, 5.41) is 4.95. The molecule has 1 aliphatic rings. The van der Waals surface area contributed by atoms with E-state index in [1.807, 2.05) is 0 Å². The van der Waals surface area contributed by atoms with Crippen LogP contribution in [0.4, 0.5) is 32.0 Å². The van der Waals surface area contributed by atoms with Crippen LogP contribution in [0.3, 0.4) is 0 Å². The van der Waals surface area contributed by atoms with Crippen molar-refractivity contribution in [2.75, 3.05) is 18.5 Å². The fourth-order valence-electron chi connectivity index (χ4n) is 2.97. The zero-order valence-corrected chi connectivity index (χ0v) is 15.8. The molecule has 2 aromatic carbocycles. The van der Waals surface area contributed by atoms with Crippen LogP contribution in [-0.2, 0) is 23.6 Å². The van der Waals surface area contributed by atoms with Crippen molar-refractivity contribution in [2.24, 2.45) is 0 Å². The van der Waals surface area contributed by atoms with Crippen molar-refractivity contribution in [2.45, 2.75) is 25.2 Å². The van der Waals surface area contributed by atoms with Crippen LogP contribution in [0, 0.1) is 0 Å². The molecule has 3 rings (SSSR count). The molecule has 0 saturated carbocycles. The predicted molar refractivity (Wildman–Crippen MR) is 97.7 cm³/mol. The first kappa shape index (κ1) is 22.4. The molecule has 11 heteroatoms. The van der Waals surface area contributed by atoms with Gasteiger partial charge in [0.05, 0.1) is 17.7 Å². The number of benzene rings is 2. The molecule has 2 aromatic rings. The van der Waals surface area contributed by atoms with Gasteiger partial charge < -0.3 is 15.4 Å². The molecule has 1 aliphatic heterocycles. The Kier molecular flexibility index (Phi) is 6.14. The predicted octanol–water partition coefficient (Wildman–Crippen LogP) is 4.42. The first-order valence-corrected chi connectivity index (χ1v) is 9.07. The lowest BCUT2D eigenvalue weighted by Crippen LogP contribution is -2.29. The van der Waals surface area contributed by atoms with Gasteiger partial charge in [-0.05, 0) is 48.4 Å². The Balaban J connectivity index is 1.61. The highest BCUT2D eigenvalue weighted by molar-refractivity contribution is 5.95. The summed E-state index contributed by atoms with van der Waals surface area (Å²) >= 11 is 0. The third-order valence-corrected chi connectivity index (χ3v) is 4.48. The van der Waals surface area contributed by atoms with Crippen molar-refractivity contribution in [3.8, 4) is 5.75 Å². The Morgan fingerprint density at radius 3 is 2.23 bits per heavy atom. The first-order chi connectivity index (χ1) is 14.4. The van der Waals surface area contributed by atoms with E-state index in [9.17, 15) is 35.9 Å². The second-order valence-corrected chi connectivity index (χ2v) is 6.77. The van der Waals surface area contributed by atoms with E-state index in [0.29, 0.717) is 36.4 Å². The number of carbonyl (C=O) groups is 2. The van der Waals surface area contributed by atoms with Gasteiger partial charge in [0.2, 0.25) is 5.91 Å². The third-order valence-electron chi connectivity index (χ3n) is 4.48. The average Bonchev–Trinajstić information content (AvgIpc) is 2.69. The van der Waals surface area contributed by atoms with Gasteiger partial charge >= 0.3 is 12.4 Å². The van der Waals surface area contributed by atoms with Gasteiger partial charge in [-0.3, -0.25) is 9.59 Å². The second-order valence-electron chi connectivity index (χ2n) is 6.77. The van der Waals surface area contributed by atoms with Gasteiger partial charge in [0.25, 0.3) is 5.91 Å². The van der Waals surface area contributed by atoms with Gasteiger partial charge in [-0.25, -0.2) is 0 Å². The van der Waals surface area contributed by atoms with E-state index in [2.05, 4.69) is 10.6 Å². The van der Waals surface area contributed by atoms with Crippen molar-refractivity contribution in [1.82, 2.24) is 5.32 Å². The standard InChI is InChI=1S/C20H16F6N2O3/c21-19(22,23)13-7-12(8-14(10-13)20(24,25)26)18(30)27-5-6-31-15-2-3-16-11(9-15)1-4-17(29)28-16/h2-3,7-10H,1,4-6H2,(H,27,30)(H,28,29). The Morgan fingerprint density at radius 2 is 1.61 bits per heavy atom. The Labute approximate surface area is 172 Å². The number of carbonyl (C=O) groups excluding carboxylic acids is 2. The van der Waals surface area contributed by atoms with Gasteiger partial charge in [-0.1, -0.05) is 0 Å². The number of alkyl halides is 6.